The van der Waals surface area contributed by atoms with Crippen LogP contribution < -0.4 is 5.32 Å². The average Bonchev–Trinajstić information content (AvgIpc) is 2.74. The zero-order valence-electron chi connectivity index (χ0n) is 9.68. The summed E-state index contributed by atoms with van der Waals surface area (Å²) in [6.45, 7) is 6.82. The molecule has 1 aromatic rings. The number of nitrogens with zero attached hydrogens (tertiary/aromatic N) is 1. The monoisotopic (exact) mass is 210 g/mol. The van der Waals surface area contributed by atoms with E-state index in [-0.39, 0.29) is 11.9 Å². The molecule has 0 bridgehead atoms. The van der Waals surface area contributed by atoms with Crippen LogP contribution in [0.3, 0.4) is 0 Å². The van der Waals surface area contributed by atoms with Crippen LogP contribution in [0, 0.1) is 12.7 Å². The molecule has 2 nitrogen and oxygen atoms in total. The Bertz CT molecular complexity index is 306. The molecule has 1 aliphatic heterocycles. The quantitative estimate of drug-likeness (QED) is 0.770. The maximum absolute atomic E-state index is 13.4. The van der Waals surface area contributed by atoms with Gasteiger partial charge >= 0.3 is 0 Å². The maximum atomic E-state index is 13.4. The number of halogens is 1. The average molecular weight is 210 g/mol. The summed E-state index contributed by atoms with van der Waals surface area (Å²) in [7, 11) is 0. The number of hydrogen-bond donors (Lipinski definition) is 1. The molecule has 1 saturated heterocycles. The molecule has 0 amide bonds. The van der Waals surface area contributed by atoms with Crippen molar-refractivity contribution in [2.75, 3.05) is 6.54 Å². The normalized spacial score (nSPS) is 19.6. The van der Waals surface area contributed by atoms with E-state index in [1.165, 1.54) is 0 Å². The lowest BCUT2D eigenvalue weighted by Gasteiger charge is -2.10. The summed E-state index contributed by atoms with van der Waals surface area (Å²) in [5.41, 5.74) is 1.45. The van der Waals surface area contributed by atoms with E-state index in [1.807, 2.05) is 20.8 Å². The number of rotatable bonds is 1. The van der Waals surface area contributed by atoms with Gasteiger partial charge in [0.1, 0.15) is 5.82 Å². The SMILES string of the molecule is CC.Cc1cnc(C2CCCN2)c(F)c1. The highest BCUT2D eigenvalue weighted by molar-refractivity contribution is 5.18. The third-order valence-electron chi connectivity index (χ3n) is 2.40. The summed E-state index contributed by atoms with van der Waals surface area (Å²) in [5.74, 6) is -0.181. The topological polar surface area (TPSA) is 24.9 Å². The first-order valence-corrected chi connectivity index (χ1v) is 5.63. The van der Waals surface area contributed by atoms with Gasteiger partial charge in [0.25, 0.3) is 0 Å². The summed E-state index contributed by atoms with van der Waals surface area (Å²) in [6, 6.07) is 1.67. The number of aryl methyl sites for hydroxylation is 1. The minimum atomic E-state index is -0.181. The van der Waals surface area contributed by atoms with Gasteiger partial charge in [-0.2, -0.15) is 0 Å². The summed E-state index contributed by atoms with van der Waals surface area (Å²) in [5, 5.41) is 3.23. The van der Waals surface area contributed by atoms with Gasteiger partial charge in [0.2, 0.25) is 0 Å². The van der Waals surface area contributed by atoms with Crippen molar-refractivity contribution in [1.82, 2.24) is 10.3 Å². The second-order valence-corrected chi connectivity index (χ2v) is 3.53. The summed E-state index contributed by atoms with van der Waals surface area (Å²) in [4.78, 5) is 4.12. The first-order chi connectivity index (χ1) is 7.27. The van der Waals surface area contributed by atoms with E-state index in [2.05, 4.69) is 10.3 Å². The molecule has 2 heterocycles. The Kier molecular flexibility index (Phi) is 4.69. The van der Waals surface area contributed by atoms with Crippen molar-refractivity contribution >= 4 is 0 Å². The van der Waals surface area contributed by atoms with Crippen LogP contribution in [0.2, 0.25) is 0 Å². The molecule has 84 valence electrons. The second kappa shape index (κ2) is 5.81. The molecule has 15 heavy (non-hydrogen) atoms. The van der Waals surface area contributed by atoms with Crippen LogP contribution >= 0.6 is 0 Å². The first kappa shape index (κ1) is 12.1. The highest BCUT2D eigenvalue weighted by Crippen LogP contribution is 2.23. The molecule has 1 unspecified atom stereocenters. The van der Waals surface area contributed by atoms with E-state index < -0.39 is 0 Å². The van der Waals surface area contributed by atoms with E-state index in [9.17, 15) is 4.39 Å². The molecule has 0 radical (unpaired) electrons. The van der Waals surface area contributed by atoms with Crippen LogP contribution in [-0.2, 0) is 0 Å². The fraction of sp³-hybridized carbons (Fsp3) is 0.583. The van der Waals surface area contributed by atoms with Gasteiger partial charge in [-0.1, -0.05) is 13.8 Å². The van der Waals surface area contributed by atoms with Crippen molar-refractivity contribution in [3.05, 3.63) is 29.3 Å². The highest BCUT2D eigenvalue weighted by atomic mass is 19.1. The van der Waals surface area contributed by atoms with Crippen molar-refractivity contribution in [2.24, 2.45) is 0 Å². The Labute approximate surface area is 90.9 Å². The third kappa shape index (κ3) is 2.99. The molecular weight excluding hydrogens is 191 g/mol. The Morgan fingerprint density at radius 1 is 1.47 bits per heavy atom. The van der Waals surface area contributed by atoms with Crippen LogP contribution in [0.25, 0.3) is 0 Å². The Balaban J connectivity index is 0.000000531. The van der Waals surface area contributed by atoms with E-state index in [0.29, 0.717) is 5.69 Å². The number of pyridine rings is 1. The molecule has 1 aliphatic rings. The minimum Gasteiger partial charge on any atom is -0.309 e. The van der Waals surface area contributed by atoms with Crippen LogP contribution in [0.5, 0.6) is 0 Å². The van der Waals surface area contributed by atoms with Gasteiger partial charge in [0, 0.05) is 6.20 Å². The fourth-order valence-electron chi connectivity index (χ4n) is 1.72. The molecule has 0 spiro atoms. The number of nitrogens with one attached hydrogen (secondary N) is 1. The van der Waals surface area contributed by atoms with Gasteiger partial charge in [-0.05, 0) is 37.9 Å². The van der Waals surface area contributed by atoms with Crippen molar-refractivity contribution < 1.29 is 4.39 Å². The molecule has 1 atom stereocenters. The maximum Gasteiger partial charge on any atom is 0.146 e. The lowest BCUT2D eigenvalue weighted by Crippen LogP contribution is -2.15. The third-order valence-corrected chi connectivity index (χ3v) is 2.40. The van der Waals surface area contributed by atoms with Gasteiger partial charge in [-0.3, -0.25) is 4.98 Å². The lowest BCUT2D eigenvalue weighted by molar-refractivity contribution is 0.540. The van der Waals surface area contributed by atoms with Crippen molar-refractivity contribution in [3.8, 4) is 0 Å². The second-order valence-electron chi connectivity index (χ2n) is 3.53. The molecule has 3 heteroatoms. The standard InChI is InChI=1S/C10H13FN2.C2H6/c1-7-5-8(11)10(13-6-7)9-3-2-4-12-9;1-2/h5-6,9,12H,2-4H2,1H3;1-2H3. The van der Waals surface area contributed by atoms with E-state index in [1.54, 1.807) is 12.3 Å². The predicted molar refractivity (Wildman–Crippen MR) is 60.3 cm³/mol. The van der Waals surface area contributed by atoms with Gasteiger partial charge in [-0.25, -0.2) is 4.39 Å². The largest absolute Gasteiger partial charge is 0.309 e. The van der Waals surface area contributed by atoms with Crippen LogP contribution in [0.1, 0.15) is 44.0 Å². The predicted octanol–water partition coefficient (Wildman–Crippen LogP) is 2.98. The van der Waals surface area contributed by atoms with Crippen molar-refractivity contribution in [1.29, 1.82) is 0 Å². The van der Waals surface area contributed by atoms with Gasteiger partial charge in [-0.15, -0.1) is 0 Å². The highest BCUT2D eigenvalue weighted by Gasteiger charge is 2.20. The molecule has 1 fully saturated rings. The van der Waals surface area contributed by atoms with E-state index >= 15 is 0 Å². The van der Waals surface area contributed by atoms with E-state index in [4.69, 9.17) is 0 Å². The first-order valence-electron chi connectivity index (χ1n) is 5.63. The molecular formula is C12H19FN2. The van der Waals surface area contributed by atoms with Gasteiger partial charge < -0.3 is 5.32 Å². The Morgan fingerprint density at radius 2 is 2.20 bits per heavy atom. The zero-order valence-corrected chi connectivity index (χ0v) is 9.68. The molecule has 0 aliphatic carbocycles. The summed E-state index contributed by atoms with van der Waals surface area (Å²) in [6.07, 6.45) is 3.82. The van der Waals surface area contributed by atoms with Gasteiger partial charge in [0.05, 0.1) is 11.7 Å². The minimum absolute atomic E-state index is 0.126. The van der Waals surface area contributed by atoms with Crippen LogP contribution in [0.15, 0.2) is 12.3 Å². The number of hydrogen-bond acceptors (Lipinski definition) is 2. The molecule has 1 N–H and O–H groups in total. The molecule has 0 aromatic carbocycles. The fourth-order valence-corrected chi connectivity index (χ4v) is 1.72. The Hall–Kier alpha value is -0.960. The lowest BCUT2D eigenvalue weighted by atomic mass is 10.1. The van der Waals surface area contributed by atoms with Crippen LogP contribution in [-0.4, -0.2) is 11.5 Å². The smallest absolute Gasteiger partial charge is 0.146 e. The number of aromatic nitrogens is 1. The van der Waals surface area contributed by atoms with Gasteiger partial charge in [0.15, 0.2) is 0 Å². The van der Waals surface area contributed by atoms with Crippen molar-refractivity contribution in [2.45, 2.75) is 39.7 Å². The van der Waals surface area contributed by atoms with E-state index in [0.717, 1.165) is 24.9 Å². The molecule has 0 saturated carbocycles. The summed E-state index contributed by atoms with van der Waals surface area (Å²) >= 11 is 0. The molecule has 1 aromatic heterocycles. The van der Waals surface area contributed by atoms with Crippen LogP contribution in [0.4, 0.5) is 4.39 Å². The Morgan fingerprint density at radius 3 is 2.73 bits per heavy atom. The summed E-state index contributed by atoms with van der Waals surface area (Å²) < 4.78 is 13.4. The zero-order chi connectivity index (χ0) is 11.3. The molecule has 2 rings (SSSR count). The van der Waals surface area contributed by atoms with Crippen molar-refractivity contribution in [3.63, 3.8) is 0 Å².